The van der Waals surface area contributed by atoms with Crippen LogP contribution in [0.3, 0.4) is 0 Å². The van der Waals surface area contributed by atoms with Gasteiger partial charge in [-0.25, -0.2) is 4.79 Å². The SMILES string of the molecule is COc1cc2c(cc1OCCBr)CCN1C[C@@H](c3cc(C)ccc3C)[C@H](NC(=O)OC(C)(C)C)C[C@H]21. The number of hydrogen-bond acceptors (Lipinski definition) is 5. The van der Waals surface area contributed by atoms with E-state index in [1.807, 2.05) is 20.8 Å². The van der Waals surface area contributed by atoms with Gasteiger partial charge in [-0.15, -0.1) is 0 Å². The Hall–Kier alpha value is -2.25. The van der Waals surface area contributed by atoms with Crippen LogP contribution in [0.5, 0.6) is 11.5 Å². The quantitative estimate of drug-likeness (QED) is 0.436. The molecule has 7 heteroatoms. The van der Waals surface area contributed by atoms with E-state index in [1.165, 1.54) is 27.8 Å². The highest BCUT2D eigenvalue weighted by atomic mass is 79.9. The van der Waals surface area contributed by atoms with Gasteiger partial charge in [0.25, 0.3) is 0 Å². The molecule has 1 amide bonds. The monoisotopic (exact) mass is 558 g/mol. The number of ether oxygens (including phenoxy) is 3. The van der Waals surface area contributed by atoms with Crippen LogP contribution in [-0.4, -0.2) is 54.8 Å². The Morgan fingerprint density at radius 3 is 2.61 bits per heavy atom. The van der Waals surface area contributed by atoms with Gasteiger partial charge in [-0.2, -0.15) is 0 Å². The molecule has 1 saturated heterocycles. The summed E-state index contributed by atoms with van der Waals surface area (Å²) in [7, 11) is 1.69. The van der Waals surface area contributed by atoms with E-state index in [0.29, 0.717) is 6.61 Å². The topological polar surface area (TPSA) is 60.0 Å². The molecule has 6 nitrogen and oxygen atoms in total. The highest BCUT2D eigenvalue weighted by molar-refractivity contribution is 9.09. The minimum absolute atomic E-state index is 0.0529. The first-order valence-corrected chi connectivity index (χ1v) is 13.9. The van der Waals surface area contributed by atoms with Crippen molar-refractivity contribution < 1.29 is 19.0 Å². The normalized spacial score (nSPS) is 21.8. The van der Waals surface area contributed by atoms with Crippen molar-refractivity contribution in [1.82, 2.24) is 10.2 Å². The van der Waals surface area contributed by atoms with Gasteiger partial charge in [-0.1, -0.05) is 39.7 Å². The van der Waals surface area contributed by atoms with Crippen LogP contribution in [-0.2, 0) is 11.2 Å². The van der Waals surface area contributed by atoms with E-state index in [1.54, 1.807) is 7.11 Å². The largest absolute Gasteiger partial charge is 0.493 e. The van der Waals surface area contributed by atoms with Crippen LogP contribution in [0.15, 0.2) is 30.3 Å². The molecule has 2 aromatic carbocycles. The van der Waals surface area contributed by atoms with Crippen molar-refractivity contribution in [2.24, 2.45) is 0 Å². The lowest BCUT2D eigenvalue weighted by molar-refractivity contribution is 0.0412. The van der Waals surface area contributed by atoms with Crippen molar-refractivity contribution in [3.8, 4) is 11.5 Å². The van der Waals surface area contributed by atoms with Crippen molar-refractivity contribution in [3.63, 3.8) is 0 Å². The molecule has 4 rings (SSSR count). The lowest BCUT2D eigenvalue weighted by Crippen LogP contribution is -2.53. The van der Waals surface area contributed by atoms with Gasteiger partial charge in [0.15, 0.2) is 11.5 Å². The number of alkyl carbamates (subject to hydrolysis) is 1. The molecule has 0 spiro atoms. The maximum absolute atomic E-state index is 12.9. The smallest absolute Gasteiger partial charge is 0.407 e. The first kappa shape index (κ1) is 26.8. The summed E-state index contributed by atoms with van der Waals surface area (Å²) in [5.41, 5.74) is 5.81. The van der Waals surface area contributed by atoms with Crippen molar-refractivity contribution in [3.05, 3.63) is 58.1 Å². The van der Waals surface area contributed by atoms with E-state index in [2.05, 4.69) is 70.3 Å². The van der Waals surface area contributed by atoms with Crippen LogP contribution in [0.1, 0.15) is 67.0 Å². The van der Waals surface area contributed by atoms with E-state index in [4.69, 9.17) is 14.2 Å². The van der Waals surface area contributed by atoms with Gasteiger partial charge in [-0.3, -0.25) is 4.90 Å². The second kappa shape index (κ2) is 11.0. The molecule has 2 aromatic rings. The fraction of sp³-hybridized carbons (Fsp3) is 0.552. The Balaban J connectivity index is 1.68. The molecule has 0 saturated carbocycles. The average Bonchev–Trinajstić information content (AvgIpc) is 2.82. The van der Waals surface area contributed by atoms with E-state index >= 15 is 0 Å². The molecule has 0 radical (unpaired) electrons. The predicted octanol–water partition coefficient (Wildman–Crippen LogP) is 6.07. The highest BCUT2D eigenvalue weighted by Gasteiger charge is 2.41. The summed E-state index contributed by atoms with van der Waals surface area (Å²) in [6, 6.07) is 11.0. The molecule has 2 aliphatic heterocycles. The fourth-order valence-electron chi connectivity index (χ4n) is 5.55. The zero-order valence-corrected chi connectivity index (χ0v) is 23.9. The number of fused-ring (bicyclic) bond motifs is 3. The lowest BCUT2D eigenvalue weighted by atomic mass is 9.76. The summed E-state index contributed by atoms with van der Waals surface area (Å²) in [6.07, 6.45) is 1.41. The predicted molar refractivity (Wildman–Crippen MR) is 147 cm³/mol. The number of nitrogens with zero attached hydrogens (tertiary/aromatic N) is 1. The zero-order valence-electron chi connectivity index (χ0n) is 22.3. The number of rotatable bonds is 6. The number of piperidine rings is 1. The number of nitrogens with one attached hydrogen (secondary N) is 1. The molecule has 3 atom stereocenters. The molecular formula is C29H39BrN2O4. The molecule has 1 fully saturated rings. The highest BCUT2D eigenvalue weighted by Crippen LogP contribution is 2.45. The van der Waals surface area contributed by atoms with E-state index in [9.17, 15) is 4.79 Å². The molecular weight excluding hydrogens is 520 g/mol. The van der Waals surface area contributed by atoms with Crippen LogP contribution in [0.4, 0.5) is 4.79 Å². The van der Waals surface area contributed by atoms with Crippen LogP contribution in [0, 0.1) is 13.8 Å². The van der Waals surface area contributed by atoms with E-state index in [-0.39, 0.29) is 24.1 Å². The summed E-state index contributed by atoms with van der Waals surface area (Å²) in [5, 5.41) is 4.02. The Kier molecular flexibility index (Phi) is 8.20. The molecule has 0 bridgehead atoms. The number of methoxy groups -OCH3 is 1. The third-order valence-corrected chi connectivity index (χ3v) is 7.48. The zero-order chi connectivity index (χ0) is 26.0. The number of alkyl halides is 1. The summed E-state index contributed by atoms with van der Waals surface area (Å²) in [6.45, 7) is 12.4. The summed E-state index contributed by atoms with van der Waals surface area (Å²) >= 11 is 3.44. The first-order chi connectivity index (χ1) is 17.1. The van der Waals surface area contributed by atoms with Crippen molar-refractivity contribution >= 4 is 22.0 Å². The van der Waals surface area contributed by atoms with E-state index < -0.39 is 5.60 Å². The van der Waals surface area contributed by atoms with Crippen LogP contribution in [0.25, 0.3) is 0 Å². The lowest BCUT2D eigenvalue weighted by Gasteiger charge is -2.48. The molecule has 2 aliphatic rings. The standard InChI is InChI=1S/C29H39BrN2O4/c1-18-7-8-19(2)21(13-18)23-17-32-11-9-20-14-27(35-12-10-30)26(34-6)15-22(20)25(32)16-24(23)31-28(33)36-29(3,4)5/h7-8,13-15,23-25H,9-12,16-17H2,1-6H3,(H,31,33)/t23-,24+,25+/m0/s1. The number of aryl methyl sites for hydroxylation is 2. The van der Waals surface area contributed by atoms with Gasteiger partial charge >= 0.3 is 6.09 Å². The fourth-order valence-corrected chi connectivity index (χ4v) is 5.72. The van der Waals surface area contributed by atoms with Crippen molar-refractivity contribution in [1.29, 1.82) is 0 Å². The van der Waals surface area contributed by atoms with Gasteiger partial charge in [0.2, 0.25) is 0 Å². The first-order valence-electron chi connectivity index (χ1n) is 12.8. The van der Waals surface area contributed by atoms with Gasteiger partial charge in [0.05, 0.1) is 13.7 Å². The molecule has 0 aromatic heterocycles. The maximum atomic E-state index is 12.9. The Bertz CT molecular complexity index is 1100. The molecule has 1 N–H and O–H groups in total. The second-order valence-electron chi connectivity index (χ2n) is 11.0. The van der Waals surface area contributed by atoms with Crippen LogP contribution in [0.2, 0.25) is 0 Å². The number of hydrogen-bond donors (Lipinski definition) is 1. The molecule has 0 aliphatic carbocycles. The molecule has 36 heavy (non-hydrogen) atoms. The number of carbonyl (C=O) groups is 1. The van der Waals surface area contributed by atoms with Gasteiger partial charge in [0, 0.05) is 36.4 Å². The van der Waals surface area contributed by atoms with Crippen LogP contribution < -0.4 is 14.8 Å². The average molecular weight is 560 g/mol. The molecule has 196 valence electrons. The summed E-state index contributed by atoms with van der Waals surface area (Å²) in [4.78, 5) is 15.5. The van der Waals surface area contributed by atoms with E-state index in [0.717, 1.165) is 42.8 Å². The van der Waals surface area contributed by atoms with Crippen molar-refractivity contribution in [2.45, 2.75) is 71.1 Å². The minimum atomic E-state index is -0.546. The maximum Gasteiger partial charge on any atom is 0.407 e. The number of carbonyl (C=O) groups excluding carboxylic acids is 1. The summed E-state index contributed by atoms with van der Waals surface area (Å²) in [5.74, 6) is 1.72. The number of benzene rings is 2. The third kappa shape index (κ3) is 6.00. The molecule has 2 heterocycles. The third-order valence-electron chi connectivity index (χ3n) is 7.16. The number of halogens is 1. The Labute approximate surface area is 223 Å². The minimum Gasteiger partial charge on any atom is -0.493 e. The van der Waals surface area contributed by atoms with Crippen LogP contribution >= 0.6 is 15.9 Å². The number of amides is 1. The van der Waals surface area contributed by atoms with Gasteiger partial charge in [-0.05, 0) is 81.8 Å². The molecule has 0 unspecified atom stereocenters. The Morgan fingerprint density at radius 2 is 1.92 bits per heavy atom. The Morgan fingerprint density at radius 1 is 1.14 bits per heavy atom. The van der Waals surface area contributed by atoms with Gasteiger partial charge < -0.3 is 19.5 Å². The van der Waals surface area contributed by atoms with Gasteiger partial charge in [0.1, 0.15) is 5.60 Å². The summed E-state index contributed by atoms with van der Waals surface area (Å²) < 4.78 is 17.3. The van der Waals surface area contributed by atoms with Crippen molar-refractivity contribution in [2.75, 3.05) is 32.1 Å². The second-order valence-corrected chi connectivity index (χ2v) is 11.7.